The molecule has 5 nitrogen and oxygen atoms in total. The van der Waals surface area contributed by atoms with Crippen molar-refractivity contribution in [2.45, 2.75) is 33.1 Å². The van der Waals surface area contributed by atoms with E-state index in [1.54, 1.807) is 18.3 Å². The normalized spacial score (nSPS) is 12.1. The van der Waals surface area contributed by atoms with Gasteiger partial charge in [0, 0.05) is 31.1 Å². The van der Waals surface area contributed by atoms with Crippen molar-refractivity contribution in [3.8, 4) is 11.5 Å². The van der Waals surface area contributed by atoms with E-state index in [0.717, 1.165) is 36.7 Å². The number of rotatable bonds is 12. The second-order valence-corrected chi connectivity index (χ2v) is 6.84. The number of aliphatic hydroxyl groups excluding tert-OH is 1. The predicted octanol–water partition coefficient (Wildman–Crippen LogP) is 2.79. The van der Waals surface area contributed by atoms with E-state index in [4.69, 9.17) is 9.47 Å². The van der Waals surface area contributed by atoms with Gasteiger partial charge in [-0.15, -0.1) is 11.3 Å². The Kier molecular flexibility index (Phi) is 8.76. The SMILES string of the molecule is CCOc1cc(CNCCNC[C@@H](C)O)ccc1OCc1cccs1. The Morgan fingerprint density at radius 1 is 1.12 bits per heavy atom. The average Bonchev–Trinajstić information content (AvgIpc) is 3.11. The zero-order valence-electron chi connectivity index (χ0n) is 15.0. The number of thiophene rings is 1. The highest BCUT2D eigenvalue weighted by molar-refractivity contribution is 7.09. The maximum atomic E-state index is 9.19. The molecule has 0 radical (unpaired) electrons. The molecule has 1 aromatic carbocycles. The maximum absolute atomic E-state index is 9.19. The van der Waals surface area contributed by atoms with Crippen molar-refractivity contribution in [3.63, 3.8) is 0 Å². The molecular weight excluding hydrogens is 336 g/mol. The van der Waals surface area contributed by atoms with Gasteiger partial charge in [-0.2, -0.15) is 0 Å². The molecule has 0 unspecified atom stereocenters. The lowest BCUT2D eigenvalue weighted by molar-refractivity contribution is 0.191. The third-order valence-corrected chi connectivity index (χ3v) is 4.36. The third kappa shape index (κ3) is 7.44. The minimum atomic E-state index is -0.310. The summed E-state index contributed by atoms with van der Waals surface area (Å²) in [6.07, 6.45) is -0.310. The molecular formula is C19H28N2O3S. The first kappa shape index (κ1) is 19.7. The van der Waals surface area contributed by atoms with E-state index in [1.807, 2.05) is 30.5 Å². The lowest BCUT2D eigenvalue weighted by atomic mass is 10.2. The van der Waals surface area contributed by atoms with Crippen molar-refractivity contribution >= 4 is 11.3 Å². The van der Waals surface area contributed by atoms with Gasteiger partial charge in [-0.05, 0) is 43.0 Å². The van der Waals surface area contributed by atoms with E-state index in [-0.39, 0.29) is 6.10 Å². The summed E-state index contributed by atoms with van der Waals surface area (Å²) in [6.45, 7) is 7.96. The summed E-state index contributed by atoms with van der Waals surface area (Å²) >= 11 is 1.69. The summed E-state index contributed by atoms with van der Waals surface area (Å²) in [5.41, 5.74) is 1.16. The number of hydrogen-bond donors (Lipinski definition) is 3. The van der Waals surface area contributed by atoms with Gasteiger partial charge in [-0.25, -0.2) is 0 Å². The molecule has 0 spiro atoms. The molecule has 0 aliphatic heterocycles. The largest absolute Gasteiger partial charge is 0.490 e. The molecule has 0 saturated heterocycles. The van der Waals surface area contributed by atoms with Gasteiger partial charge in [0.2, 0.25) is 0 Å². The number of benzene rings is 1. The predicted molar refractivity (Wildman–Crippen MR) is 103 cm³/mol. The van der Waals surface area contributed by atoms with Crippen molar-refractivity contribution in [2.24, 2.45) is 0 Å². The van der Waals surface area contributed by atoms with Crippen LogP contribution in [0.4, 0.5) is 0 Å². The quantitative estimate of drug-likeness (QED) is 0.506. The number of ether oxygens (including phenoxy) is 2. The van der Waals surface area contributed by atoms with Gasteiger partial charge < -0.3 is 25.2 Å². The first-order valence-electron chi connectivity index (χ1n) is 8.69. The van der Waals surface area contributed by atoms with Crippen LogP contribution in [0.3, 0.4) is 0 Å². The van der Waals surface area contributed by atoms with Crippen LogP contribution in [0, 0.1) is 0 Å². The fourth-order valence-electron chi connectivity index (χ4n) is 2.31. The molecule has 2 rings (SSSR count). The minimum Gasteiger partial charge on any atom is -0.490 e. The van der Waals surface area contributed by atoms with E-state index < -0.39 is 0 Å². The van der Waals surface area contributed by atoms with E-state index in [2.05, 4.69) is 22.8 Å². The second kappa shape index (κ2) is 11.1. The molecule has 0 amide bonds. The van der Waals surface area contributed by atoms with Gasteiger partial charge in [-0.3, -0.25) is 0 Å². The molecule has 1 atom stereocenters. The van der Waals surface area contributed by atoms with Crippen LogP contribution in [0.25, 0.3) is 0 Å². The Hall–Kier alpha value is -1.60. The molecule has 0 fully saturated rings. The molecule has 0 bridgehead atoms. The van der Waals surface area contributed by atoms with E-state index in [9.17, 15) is 5.11 Å². The lowest BCUT2D eigenvalue weighted by Crippen LogP contribution is -2.31. The van der Waals surface area contributed by atoms with Gasteiger partial charge in [-0.1, -0.05) is 12.1 Å². The van der Waals surface area contributed by atoms with Crippen LogP contribution in [-0.4, -0.2) is 37.5 Å². The zero-order valence-corrected chi connectivity index (χ0v) is 15.8. The average molecular weight is 365 g/mol. The molecule has 138 valence electrons. The number of nitrogens with one attached hydrogen (secondary N) is 2. The summed E-state index contributed by atoms with van der Waals surface area (Å²) in [7, 11) is 0. The Morgan fingerprint density at radius 3 is 2.68 bits per heavy atom. The molecule has 6 heteroatoms. The highest BCUT2D eigenvalue weighted by Crippen LogP contribution is 2.29. The fraction of sp³-hybridized carbons (Fsp3) is 0.474. The molecule has 3 N–H and O–H groups in total. The van der Waals surface area contributed by atoms with Gasteiger partial charge >= 0.3 is 0 Å². The zero-order chi connectivity index (χ0) is 17.9. The van der Waals surface area contributed by atoms with Crippen LogP contribution in [0.15, 0.2) is 35.7 Å². The third-order valence-electron chi connectivity index (χ3n) is 3.51. The van der Waals surface area contributed by atoms with Gasteiger partial charge in [0.05, 0.1) is 12.7 Å². The first-order valence-corrected chi connectivity index (χ1v) is 9.57. The van der Waals surface area contributed by atoms with Crippen molar-refractivity contribution in [3.05, 3.63) is 46.2 Å². The van der Waals surface area contributed by atoms with E-state index in [0.29, 0.717) is 19.8 Å². The Bertz CT molecular complexity index is 603. The van der Waals surface area contributed by atoms with Crippen molar-refractivity contribution in [1.29, 1.82) is 0 Å². The highest BCUT2D eigenvalue weighted by atomic mass is 32.1. The number of aliphatic hydroxyl groups is 1. The lowest BCUT2D eigenvalue weighted by Gasteiger charge is -2.13. The second-order valence-electron chi connectivity index (χ2n) is 5.81. The van der Waals surface area contributed by atoms with Crippen LogP contribution in [0.2, 0.25) is 0 Å². The topological polar surface area (TPSA) is 62.8 Å². The molecule has 0 aliphatic carbocycles. The summed E-state index contributed by atoms with van der Waals surface area (Å²) in [5, 5.41) is 17.8. The van der Waals surface area contributed by atoms with Crippen molar-refractivity contribution < 1.29 is 14.6 Å². The monoisotopic (exact) mass is 364 g/mol. The summed E-state index contributed by atoms with van der Waals surface area (Å²) in [5.74, 6) is 1.56. The number of hydrogen-bond acceptors (Lipinski definition) is 6. The minimum absolute atomic E-state index is 0.310. The van der Waals surface area contributed by atoms with E-state index >= 15 is 0 Å². The van der Waals surface area contributed by atoms with Gasteiger partial charge in [0.1, 0.15) is 6.61 Å². The van der Waals surface area contributed by atoms with Crippen LogP contribution in [0.5, 0.6) is 11.5 Å². The van der Waals surface area contributed by atoms with Crippen LogP contribution in [-0.2, 0) is 13.2 Å². The van der Waals surface area contributed by atoms with Crippen LogP contribution >= 0.6 is 11.3 Å². The van der Waals surface area contributed by atoms with Crippen LogP contribution < -0.4 is 20.1 Å². The van der Waals surface area contributed by atoms with Gasteiger partial charge in [0.15, 0.2) is 11.5 Å². The Morgan fingerprint density at radius 2 is 1.96 bits per heavy atom. The molecule has 25 heavy (non-hydrogen) atoms. The summed E-state index contributed by atoms with van der Waals surface area (Å²) in [4.78, 5) is 1.19. The van der Waals surface area contributed by atoms with Crippen molar-refractivity contribution in [2.75, 3.05) is 26.2 Å². The highest BCUT2D eigenvalue weighted by Gasteiger charge is 2.07. The molecule has 1 heterocycles. The summed E-state index contributed by atoms with van der Waals surface area (Å²) < 4.78 is 11.6. The molecule has 2 aromatic rings. The first-order chi connectivity index (χ1) is 12.2. The Labute approximate surface area is 154 Å². The molecule has 0 aliphatic rings. The maximum Gasteiger partial charge on any atom is 0.161 e. The summed E-state index contributed by atoms with van der Waals surface area (Å²) in [6, 6.07) is 10.2. The Balaban J connectivity index is 1.82. The van der Waals surface area contributed by atoms with Crippen molar-refractivity contribution in [1.82, 2.24) is 10.6 Å². The van der Waals surface area contributed by atoms with Gasteiger partial charge in [0.25, 0.3) is 0 Å². The molecule has 1 aromatic heterocycles. The van der Waals surface area contributed by atoms with Crippen LogP contribution in [0.1, 0.15) is 24.3 Å². The molecule has 0 saturated carbocycles. The fourth-order valence-corrected chi connectivity index (χ4v) is 2.93. The standard InChI is InChI=1S/C19H28N2O3S/c1-3-23-19-11-16(13-21-9-8-20-12-15(2)22)6-7-18(19)24-14-17-5-4-10-25-17/h4-7,10-11,15,20-22H,3,8-9,12-14H2,1-2H3/t15-/m1/s1. The smallest absolute Gasteiger partial charge is 0.161 e. The van der Waals surface area contributed by atoms with E-state index in [1.165, 1.54) is 4.88 Å².